The maximum atomic E-state index is 13.1. The number of hydrogen-bond acceptors (Lipinski definition) is 3. The van der Waals surface area contributed by atoms with E-state index >= 15 is 0 Å². The number of ether oxygens (including phenoxy) is 1. The van der Waals surface area contributed by atoms with E-state index in [0.29, 0.717) is 5.15 Å². The fraction of sp³-hybridized carbons (Fsp3) is 0.263. The van der Waals surface area contributed by atoms with Gasteiger partial charge in [-0.15, -0.1) is 0 Å². The number of nitrogens with zero attached hydrogens (tertiary/aromatic N) is 1. The van der Waals surface area contributed by atoms with Gasteiger partial charge in [0.1, 0.15) is 10.9 Å². The largest absolute Gasteiger partial charge is 0.497 e. The lowest BCUT2D eigenvalue weighted by Crippen LogP contribution is -2.29. The molecule has 4 rings (SSSR count). The maximum Gasteiger partial charge on any atom is 0.194 e. The zero-order chi connectivity index (χ0) is 16.4. The molecule has 0 bridgehead atoms. The van der Waals surface area contributed by atoms with Gasteiger partial charge in [-0.05, 0) is 47.4 Å². The molecule has 0 N–H and O–H groups in total. The van der Waals surface area contributed by atoms with Gasteiger partial charge in [-0.1, -0.05) is 25.4 Å². The molecular weight excluding hydrogens is 310 g/mol. The van der Waals surface area contributed by atoms with Crippen molar-refractivity contribution in [2.24, 2.45) is 0 Å². The number of hydrogen-bond donors (Lipinski definition) is 0. The molecule has 116 valence electrons. The zero-order valence-electron chi connectivity index (χ0n) is 13.2. The SMILES string of the molecule is COc1ccc2c(c1)C(C)(C)C1=C(C2=O)c2cnc(Cl)cc2C1. The molecule has 1 aromatic carbocycles. The van der Waals surface area contributed by atoms with Crippen molar-refractivity contribution in [1.82, 2.24) is 4.98 Å². The summed E-state index contributed by atoms with van der Waals surface area (Å²) in [5, 5.41) is 0.466. The number of carbonyl (C=O) groups excluding carboxylic acids is 1. The number of halogens is 1. The molecule has 0 fully saturated rings. The molecule has 0 spiro atoms. The first-order chi connectivity index (χ1) is 10.9. The Morgan fingerprint density at radius 1 is 1.22 bits per heavy atom. The molecule has 0 saturated carbocycles. The fourth-order valence-corrected chi connectivity index (χ4v) is 3.92. The lowest BCUT2D eigenvalue weighted by Gasteiger charge is -2.34. The minimum absolute atomic E-state index is 0.0693. The summed E-state index contributed by atoms with van der Waals surface area (Å²) in [4.78, 5) is 17.2. The minimum atomic E-state index is -0.237. The van der Waals surface area contributed by atoms with E-state index in [1.807, 2.05) is 24.3 Å². The number of carbonyl (C=O) groups is 1. The number of Topliss-reactive ketones (excluding diaryl/α,β-unsaturated/α-hetero) is 1. The first-order valence-electron chi connectivity index (χ1n) is 7.55. The summed E-state index contributed by atoms with van der Waals surface area (Å²) in [5.74, 6) is 0.841. The van der Waals surface area contributed by atoms with Crippen molar-refractivity contribution >= 4 is 23.0 Å². The predicted molar refractivity (Wildman–Crippen MR) is 90.2 cm³/mol. The maximum absolute atomic E-state index is 13.1. The smallest absolute Gasteiger partial charge is 0.194 e. The van der Waals surface area contributed by atoms with Crippen molar-refractivity contribution in [2.75, 3.05) is 7.11 Å². The molecule has 0 aliphatic heterocycles. The van der Waals surface area contributed by atoms with Crippen LogP contribution in [0, 0.1) is 0 Å². The summed E-state index contributed by atoms with van der Waals surface area (Å²) >= 11 is 6.03. The fourth-order valence-electron chi connectivity index (χ4n) is 3.74. The van der Waals surface area contributed by atoms with Crippen LogP contribution in [0.1, 0.15) is 40.9 Å². The molecule has 0 unspecified atom stereocenters. The lowest BCUT2D eigenvalue weighted by molar-refractivity contribution is 0.105. The number of pyridine rings is 1. The van der Waals surface area contributed by atoms with Gasteiger partial charge < -0.3 is 4.74 Å². The van der Waals surface area contributed by atoms with E-state index in [9.17, 15) is 4.79 Å². The molecule has 23 heavy (non-hydrogen) atoms. The average molecular weight is 326 g/mol. The van der Waals surface area contributed by atoms with E-state index in [4.69, 9.17) is 16.3 Å². The van der Waals surface area contributed by atoms with Crippen molar-refractivity contribution in [3.8, 4) is 5.75 Å². The standard InChI is InChI=1S/C19H16ClNO2/c1-19(2)14-8-11(23-3)4-5-12(14)18(22)17-13-9-21-16(20)7-10(13)6-15(17)19/h4-5,7-9H,6H2,1-3H3. The van der Waals surface area contributed by atoms with Gasteiger partial charge in [0, 0.05) is 28.3 Å². The van der Waals surface area contributed by atoms with Gasteiger partial charge in [-0.3, -0.25) is 4.79 Å². The Hall–Kier alpha value is -2.13. The third-order valence-corrected chi connectivity index (χ3v) is 5.23. The van der Waals surface area contributed by atoms with Crippen molar-refractivity contribution in [3.05, 3.63) is 63.4 Å². The topological polar surface area (TPSA) is 39.2 Å². The van der Waals surface area contributed by atoms with E-state index < -0.39 is 0 Å². The first kappa shape index (κ1) is 14.5. The van der Waals surface area contributed by atoms with Crippen LogP contribution in [0.2, 0.25) is 5.15 Å². The Bertz CT molecular complexity index is 896. The van der Waals surface area contributed by atoms with E-state index in [1.165, 1.54) is 0 Å². The number of methoxy groups -OCH3 is 1. The van der Waals surface area contributed by atoms with Crippen molar-refractivity contribution in [1.29, 1.82) is 0 Å². The third kappa shape index (κ3) is 1.89. The van der Waals surface area contributed by atoms with Crippen LogP contribution in [-0.4, -0.2) is 17.9 Å². The van der Waals surface area contributed by atoms with Crippen LogP contribution in [0.25, 0.3) is 5.57 Å². The summed E-state index contributed by atoms with van der Waals surface area (Å²) in [7, 11) is 1.64. The Morgan fingerprint density at radius 2 is 2.00 bits per heavy atom. The van der Waals surface area contributed by atoms with Crippen molar-refractivity contribution in [3.63, 3.8) is 0 Å². The Labute approximate surface area is 140 Å². The predicted octanol–water partition coefficient (Wildman–Crippen LogP) is 4.23. The average Bonchev–Trinajstić information content (AvgIpc) is 2.92. The molecule has 3 nitrogen and oxygen atoms in total. The highest BCUT2D eigenvalue weighted by Gasteiger charge is 2.43. The van der Waals surface area contributed by atoms with Gasteiger partial charge in [-0.2, -0.15) is 0 Å². The monoisotopic (exact) mass is 325 g/mol. The van der Waals surface area contributed by atoms with Crippen LogP contribution in [0.5, 0.6) is 5.75 Å². The zero-order valence-corrected chi connectivity index (χ0v) is 14.0. The molecular formula is C19H16ClNO2. The molecule has 2 aromatic rings. The lowest BCUT2D eigenvalue weighted by atomic mass is 9.68. The number of aromatic nitrogens is 1. The van der Waals surface area contributed by atoms with Crippen molar-refractivity contribution < 1.29 is 9.53 Å². The molecule has 0 amide bonds. The molecule has 0 radical (unpaired) electrons. The van der Waals surface area contributed by atoms with Crippen molar-refractivity contribution in [2.45, 2.75) is 25.7 Å². The number of fused-ring (bicyclic) bond motifs is 3. The summed E-state index contributed by atoms with van der Waals surface area (Å²) < 4.78 is 5.34. The molecule has 1 aromatic heterocycles. The minimum Gasteiger partial charge on any atom is -0.497 e. The molecule has 1 heterocycles. The highest BCUT2D eigenvalue weighted by Crippen LogP contribution is 2.50. The molecule has 2 aliphatic carbocycles. The van der Waals surface area contributed by atoms with Crippen LogP contribution < -0.4 is 4.74 Å². The first-order valence-corrected chi connectivity index (χ1v) is 7.93. The summed E-state index contributed by atoms with van der Waals surface area (Å²) in [6, 6.07) is 7.55. The van der Waals surface area contributed by atoms with E-state index in [2.05, 4.69) is 18.8 Å². The van der Waals surface area contributed by atoms with E-state index in [-0.39, 0.29) is 11.2 Å². The van der Waals surface area contributed by atoms with Gasteiger partial charge >= 0.3 is 0 Å². The number of benzene rings is 1. The van der Waals surface area contributed by atoms with Gasteiger partial charge in [0.2, 0.25) is 0 Å². The van der Waals surface area contributed by atoms with Crippen LogP contribution in [0.15, 0.2) is 36.0 Å². The highest BCUT2D eigenvalue weighted by atomic mass is 35.5. The number of rotatable bonds is 1. The third-order valence-electron chi connectivity index (χ3n) is 5.02. The molecule has 0 atom stereocenters. The highest BCUT2D eigenvalue weighted by molar-refractivity contribution is 6.33. The molecule has 2 aliphatic rings. The second-order valence-corrected chi connectivity index (χ2v) is 6.95. The summed E-state index contributed by atoms with van der Waals surface area (Å²) in [6.07, 6.45) is 2.46. The van der Waals surface area contributed by atoms with Crippen LogP contribution >= 0.6 is 11.6 Å². The second-order valence-electron chi connectivity index (χ2n) is 6.56. The van der Waals surface area contributed by atoms with E-state index in [1.54, 1.807) is 13.3 Å². The molecule has 0 saturated heterocycles. The van der Waals surface area contributed by atoms with Crippen LogP contribution in [-0.2, 0) is 11.8 Å². The quantitative estimate of drug-likeness (QED) is 0.737. The Kier molecular flexibility index (Phi) is 2.94. The van der Waals surface area contributed by atoms with Crippen LogP contribution in [0.3, 0.4) is 0 Å². The second kappa shape index (κ2) is 4.68. The van der Waals surface area contributed by atoms with E-state index in [0.717, 1.165) is 45.6 Å². The normalized spacial score (nSPS) is 17.7. The van der Waals surface area contributed by atoms with Gasteiger partial charge in [0.15, 0.2) is 5.78 Å². The Morgan fingerprint density at radius 3 is 2.74 bits per heavy atom. The van der Waals surface area contributed by atoms with Gasteiger partial charge in [-0.25, -0.2) is 4.98 Å². The number of ketones is 1. The molecule has 4 heteroatoms. The summed E-state index contributed by atoms with van der Waals surface area (Å²) in [6.45, 7) is 4.32. The number of allylic oxidation sites excluding steroid dienone is 2. The van der Waals surface area contributed by atoms with Gasteiger partial charge in [0.05, 0.1) is 7.11 Å². The Balaban J connectivity index is 1.96. The van der Waals surface area contributed by atoms with Gasteiger partial charge in [0.25, 0.3) is 0 Å². The summed E-state index contributed by atoms with van der Waals surface area (Å²) in [5.41, 5.74) is 5.47. The van der Waals surface area contributed by atoms with Crippen LogP contribution in [0.4, 0.5) is 0 Å².